The molecule has 2 heterocycles. The standard InChI is InChI=1S/C18H23ClN6O2/c1-2-27-18(26)25-9-7-14(8-10-25)22-16-12-21-24-17(23-16)20-11-13-5-3-4-6-15(13)19/h3-6,12,14H,2,7-11H2,1H3,(H2,20,22,23,24). The van der Waals surface area contributed by atoms with Gasteiger partial charge in [0.1, 0.15) is 0 Å². The van der Waals surface area contributed by atoms with E-state index in [1.165, 1.54) is 0 Å². The van der Waals surface area contributed by atoms with Gasteiger partial charge in [0.25, 0.3) is 0 Å². The average Bonchev–Trinajstić information content (AvgIpc) is 2.68. The Hall–Kier alpha value is -2.61. The summed E-state index contributed by atoms with van der Waals surface area (Å²) in [5.41, 5.74) is 0.965. The molecule has 0 aliphatic carbocycles. The van der Waals surface area contributed by atoms with Gasteiger partial charge in [-0.2, -0.15) is 10.1 Å². The predicted molar refractivity (Wildman–Crippen MR) is 104 cm³/mol. The molecule has 1 saturated heterocycles. The Morgan fingerprint density at radius 1 is 1.33 bits per heavy atom. The van der Waals surface area contributed by atoms with Crippen molar-refractivity contribution in [3.05, 3.63) is 41.0 Å². The number of rotatable bonds is 6. The normalized spacial score (nSPS) is 14.7. The van der Waals surface area contributed by atoms with E-state index >= 15 is 0 Å². The van der Waals surface area contributed by atoms with Gasteiger partial charge >= 0.3 is 6.09 Å². The highest BCUT2D eigenvalue weighted by Crippen LogP contribution is 2.18. The van der Waals surface area contributed by atoms with Gasteiger partial charge in [-0.05, 0) is 31.4 Å². The van der Waals surface area contributed by atoms with Crippen LogP contribution in [0.4, 0.5) is 16.6 Å². The van der Waals surface area contributed by atoms with Crippen LogP contribution >= 0.6 is 11.6 Å². The smallest absolute Gasteiger partial charge is 0.409 e. The van der Waals surface area contributed by atoms with Crippen molar-refractivity contribution in [2.45, 2.75) is 32.4 Å². The summed E-state index contributed by atoms with van der Waals surface area (Å²) in [6, 6.07) is 7.84. The number of likely N-dealkylation sites (tertiary alicyclic amines) is 1. The number of nitrogens with one attached hydrogen (secondary N) is 2. The van der Waals surface area contributed by atoms with Gasteiger partial charge in [-0.25, -0.2) is 4.79 Å². The van der Waals surface area contributed by atoms with E-state index in [9.17, 15) is 4.79 Å². The molecule has 144 valence electrons. The van der Waals surface area contributed by atoms with Crippen LogP contribution in [-0.4, -0.2) is 51.9 Å². The fraction of sp³-hybridized carbons (Fsp3) is 0.444. The molecular formula is C18H23ClN6O2. The number of amides is 1. The van der Waals surface area contributed by atoms with Gasteiger partial charge in [0.15, 0.2) is 5.82 Å². The minimum atomic E-state index is -0.245. The third-order valence-corrected chi connectivity index (χ3v) is 4.70. The first-order valence-corrected chi connectivity index (χ1v) is 9.38. The summed E-state index contributed by atoms with van der Waals surface area (Å²) >= 11 is 6.16. The largest absolute Gasteiger partial charge is 0.450 e. The number of anilines is 2. The first-order valence-electron chi connectivity index (χ1n) is 9.01. The Morgan fingerprint density at radius 2 is 2.11 bits per heavy atom. The molecule has 1 aliphatic rings. The molecule has 9 heteroatoms. The lowest BCUT2D eigenvalue weighted by Crippen LogP contribution is -2.42. The molecule has 8 nitrogen and oxygen atoms in total. The number of carbonyl (C=O) groups excluding carboxylic acids is 1. The van der Waals surface area contributed by atoms with E-state index in [-0.39, 0.29) is 12.1 Å². The zero-order chi connectivity index (χ0) is 19.1. The van der Waals surface area contributed by atoms with E-state index < -0.39 is 0 Å². The second-order valence-corrected chi connectivity index (χ2v) is 6.62. The highest BCUT2D eigenvalue weighted by molar-refractivity contribution is 6.31. The molecule has 27 heavy (non-hydrogen) atoms. The zero-order valence-corrected chi connectivity index (χ0v) is 15.9. The Bertz CT molecular complexity index is 767. The monoisotopic (exact) mass is 390 g/mol. The van der Waals surface area contributed by atoms with Crippen molar-refractivity contribution in [1.82, 2.24) is 20.1 Å². The number of piperidine rings is 1. The first kappa shape index (κ1) is 19.2. The average molecular weight is 391 g/mol. The van der Waals surface area contributed by atoms with Crippen LogP contribution in [0.15, 0.2) is 30.5 Å². The lowest BCUT2D eigenvalue weighted by molar-refractivity contribution is 0.0983. The molecule has 1 fully saturated rings. The van der Waals surface area contributed by atoms with E-state index in [4.69, 9.17) is 16.3 Å². The van der Waals surface area contributed by atoms with Gasteiger partial charge in [-0.1, -0.05) is 29.8 Å². The van der Waals surface area contributed by atoms with Crippen LogP contribution in [0.2, 0.25) is 5.02 Å². The van der Waals surface area contributed by atoms with E-state index in [1.807, 2.05) is 31.2 Å². The van der Waals surface area contributed by atoms with Crippen molar-refractivity contribution in [3.8, 4) is 0 Å². The van der Waals surface area contributed by atoms with Crippen LogP contribution in [0.25, 0.3) is 0 Å². The van der Waals surface area contributed by atoms with Gasteiger partial charge < -0.3 is 20.3 Å². The molecule has 1 aromatic heterocycles. The van der Waals surface area contributed by atoms with Crippen molar-refractivity contribution < 1.29 is 9.53 Å². The molecule has 1 amide bonds. The second-order valence-electron chi connectivity index (χ2n) is 6.21. The first-order chi connectivity index (χ1) is 13.2. The number of halogens is 1. The maximum Gasteiger partial charge on any atom is 0.409 e. The van der Waals surface area contributed by atoms with Gasteiger partial charge in [0.05, 0.1) is 12.8 Å². The van der Waals surface area contributed by atoms with E-state index in [0.29, 0.717) is 43.0 Å². The Morgan fingerprint density at radius 3 is 2.85 bits per heavy atom. The highest BCUT2D eigenvalue weighted by atomic mass is 35.5. The van der Waals surface area contributed by atoms with Crippen molar-refractivity contribution in [2.75, 3.05) is 30.3 Å². The predicted octanol–water partition coefficient (Wildman–Crippen LogP) is 3.17. The Labute approximate surface area is 163 Å². The molecule has 0 spiro atoms. The van der Waals surface area contributed by atoms with Gasteiger partial charge in [0.2, 0.25) is 5.95 Å². The lowest BCUT2D eigenvalue weighted by atomic mass is 10.1. The Kier molecular flexibility index (Phi) is 6.64. The Balaban J connectivity index is 1.51. The second kappa shape index (κ2) is 9.36. The molecule has 0 radical (unpaired) electrons. The fourth-order valence-corrected chi connectivity index (χ4v) is 3.10. The highest BCUT2D eigenvalue weighted by Gasteiger charge is 2.23. The van der Waals surface area contributed by atoms with Gasteiger partial charge in [0, 0.05) is 30.7 Å². The van der Waals surface area contributed by atoms with Crippen LogP contribution in [0.3, 0.4) is 0 Å². The van der Waals surface area contributed by atoms with Crippen molar-refractivity contribution in [1.29, 1.82) is 0 Å². The summed E-state index contributed by atoms with van der Waals surface area (Å²) in [7, 11) is 0. The summed E-state index contributed by atoms with van der Waals surface area (Å²) in [6.45, 7) is 4.04. The third-order valence-electron chi connectivity index (χ3n) is 4.33. The van der Waals surface area contributed by atoms with Crippen LogP contribution < -0.4 is 10.6 Å². The molecule has 0 atom stereocenters. The van der Waals surface area contributed by atoms with Crippen LogP contribution in [0, 0.1) is 0 Å². The number of carbonyl (C=O) groups is 1. The van der Waals surface area contributed by atoms with Crippen LogP contribution in [-0.2, 0) is 11.3 Å². The molecule has 0 unspecified atom stereocenters. The number of nitrogens with zero attached hydrogens (tertiary/aromatic N) is 4. The summed E-state index contributed by atoms with van der Waals surface area (Å²) < 4.78 is 5.04. The summed E-state index contributed by atoms with van der Waals surface area (Å²) in [4.78, 5) is 17.9. The fourth-order valence-electron chi connectivity index (χ4n) is 2.89. The van der Waals surface area contributed by atoms with Crippen molar-refractivity contribution in [3.63, 3.8) is 0 Å². The van der Waals surface area contributed by atoms with E-state index in [0.717, 1.165) is 18.4 Å². The zero-order valence-electron chi connectivity index (χ0n) is 15.2. The maximum absolute atomic E-state index is 11.8. The SMILES string of the molecule is CCOC(=O)N1CCC(Nc2cnnc(NCc3ccccc3Cl)n2)CC1. The van der Waals surface area contributed by atoms with E-state index in [2.05, 4.69) is 25.8 Å². The molecule has 2 N–H and O–H groups in total. The number of hydrogen-bond donors (Lipinski definition) is 2. The molecule has 0 saturated carbocycles. The topological polar surface area (TPSA) is 92.3 Å². The number of benzene rings is 1. The molecule has 0 bridgehead atoms. The van der Waals surface area contributed by atoms with E-state index in [1.54, 1.807) is 11.1 Å². The molecule has 1 aliphatic heterocycles. The third kappa shape index (κ3) is 5.43. The van der Waals surface area contributed by atoms with Crippen molar-refractivity contribution >= 4 is 29.5 Å². The molecular weight excluding hydrogens is 368 g/mol. The van der Waals surface area contributed by atoms with Crippen molar-refractivity contribution in [2.24, 2.45) is 0 Å². The molecule has 3 rings (SSSR count). The molecule has 2 aromatic rings. The van der Waals surface area contributed by atoms with Crippen LogP contribution in [0.5, 0.6) is 0 Å². The van der Waals surface area contributed by atoms with Gasteiger partial charge in [-0.15, -0.1) is 5.10 Å². The number of hydrogen-bond acceptors (Lipinski definition) is 7. The molecule has 1 aromatic carbocycles. The number of ether oxygens (including phenoxy) is 1. The summed E-state index contributed by atoms with van der Waals surface area (Å²) in [6.07, 6.45) is 3.00. The summed E-state index contributed by atoms with van der Waals surface area (Å²) in [5.74, 6) is 1.09. The minimum absolute atomic E-state index is 0.226. The minimum Gasteiger partial charge on any atom is -0.450 e. The lowest BCUT2D eigenvalue weighted by Gasteiger charge is -2.31. The summed E-state index contributed by atoms with van der Waals surface area (Å²) in [5, 5.41) is 15.2. The quantitative estimate of drug-likeness (QED) is 0.782. The number of aromatic nitrogens is 3. The van der Waals surface area contributed by atoms with Gasteiger partial charge in [-0.3, -0.25) is 0 Å². The van der Waals surface area contributed by atoms with Crippen LogP contribution in [0.1, 0.15) is 25.3 Å². The maximum atomic E-state index is 11.8.